The summed E-state index contributed by atoms with van der Waals surface area (Å²) in [6.07, 6.45) is 1.87. The minimum atomic E-state index is -3.47. The van der Waals surface area contributed by atoms with Crippen LogP contribution in [0.5, 0.6) is 0 Å². The van der Waals surface area contributed by atoms with Crippen molar-refractivity contribution in [1.82, 2.24) is 14.2 Å². The third-order valence-electron chi connectivity index (χ3n) is 3.79. The first-order valence-electron chi connectivity index (χ1n) is 7.34. The summed E-state index contributed by atoms with van der Waals surface area (Å²) >= 11 is 7.60. The minimum absolute atomic E-state index is 0.258. The molecular weight excluding hydrogens is 354 g/mol. The maximum Gasteiger partial charge on any atom is 0.243 e. The molecule has 0 bridgehead atoms. The first-order chi connectivity index (χ1) is 10.9. The van der Waals surface area contributed by atoms with Crippen LogP contribution in [-0.4, -0.2) is 48.8 Å². The third-order valence-corrected chi connectivity index (χ3v) is 6.82. The Labute approximate surface area is 145 Å². The number of hydrogen-bond donors (Lipinski definition) is 0. The van der Waals surface area contributed by atoms with Gasteiger partial charge in [-0.1, -0.05) is 17.7 Å². The molecule has 23 heavy (non-hydrogen) atoms. The van der Waals surface area contributed by atoms with E-state index in [1.54, 1.807) is 29.5 Å². The average molecular weight is 372 g/mol. The van der Waals surface area contributed by atoms with Crippen molar-refractivity contribution >= 4 is 33.0 Å². The SMILES string of the molecule is Cc1cnc(CN2CCN(S(=O)(=O)c3cccc(Cl)c3)CC2)s1. The minimum Gasteiger partial charge on any atom is -0.294 e. The van der Waals surface area contributed by atoms with Crippen molar-refractivity contribution in [2.24, 2.45) is 0 Å². The summed E-state index contributed by atoms with van der Waals surface area (Å²) < 4.78 is 26.8. The van der Waals surface area contributed by atoms with E-state index in [-0.39, 0.29) is 4.90 Å². The van der Waals surface area contributed by atoms with Gasteiger partial charge in [0.2, 0.25) is 10.0 Å². The number of rotatable bonds is 4. The summed E-state index contributed by atoms with van der Waals surface area (Å²) in [7, 11) is -3.47. The van der Waals surface area contributed by atoms with Crippen LogP contribution < -0.4 is 0 Å². The molecule has 3 rings (SSSR count). The molecule has 0 amide bonds. The highest BCUT2D eigenvalue weighted by Gasteiger charge is 2.28. The quantitative estimate of drug-likeness (QED) is 0.829. The zero-order chi connectivity index (χ0) is 16.4. The zero-order valence-electron chi connectivity index (χ0n) is 12.8. The number of aromatic nitrogens is 1. The monoisotopic (exact) mass is 371 g/mol. The van der Waals surface area contributed by atoms with E-state index in [0.717, 1.165) is 11.6 Å². The molecule has 1 fully saturated rings. The van der Waals surface area contributed by atoms with E-state index in [2.05, 4.69) is 9.88 Å². The van der Waals surface area contributed by atoms with Crippen molar-refractivity contribution in [3.63, 3.8) is 0 Å². The van der Waals surface area contributed by atoms with Crippen molar-refractivity contribution in [3.8, 4) is 0 Å². The van der Waals surface area contributed by atoms with Gasteiger partial charge < -0.3 is 0 Å². The second kappa shape index (κ2) is 6.86. The second-order valence-electron chi connectivity index (χ2n) is 5.50. The molecule has 124 valence electrons. The van der Waals surface area contributed by atoms with Gasteiger partial charge in [0, 0.05) is 42.3 Å². The van der Waals surface area contributed by atoms with Crippen LogP contribution in [0, 0.1) is 6.92 Å². The lowest BCUT2D eigenvalue weighted by molar-refractivity contribution is 0.181. The van der Waals surface area contributed by atoms with Gasteiger partial charge in [0.25, 0.3) is 0 Å². The highest BCUT2D eigenvalue weighted by atomic mass is 35.5. The van der Waals surface area contributed by atoms with Gasteiger partial charge in [0.15, 0.2) is 0 Å². The molecule has 8 heteroatoms. The van der Waals surface area contributed by atoms with Crippen LogP contribution in [-0.2, 0) is 16.6 Å². The predicted octanol–water partition coefficient (Wildman–Crippen LogP) is 2.61. The van der Waals surface area contributed by atoms with Gasteiger partial charge in [-0.3, -0.25) is 4.90 Å². The van der Waals surface area contributed by atoms with E-state index in [1.807, 2.05) is 13.1 Å². The van der Waals surface area contributed by atoms with Gasteiger partial charge in [-0.2, -0.15) is 4.31 Å². The van der Waals surface area contributed by atoms with E-state index < -0.39 is 10.0 Å². The molecule has 0 atom stereocenters. The van der Waals surface area contributed by atoms with Crippen LogP contribution in [0.15, 0.2) is 35.4 Å². The number of thiazole rings is 1. The molecule has 5 nitrogen and oxygen atoms in total. The molecule has 1 aromatic heterocycles. The largest absolute Gasteiger partial charge is 0.294 e. The van der Waals surface area contributed by atoms with Gasteiger partial charge in [0.1, 0.15) is 5.01 Å². The first kappa shape index (κ1) is 16.9. The van der Waals surface area contributed by atoms with Crippen molar-refractivity contribution in [1.29, 1.82) is 0 Å². The molecule has 0 saturated carbocycles. The van der Waals surface area contributed by atoms with Crippen LogP contribution in [0.1, 0.15) is 9.88 Å². The highest BCUT2D eigenvalue weighted by molar-refractivity contribution is 7.89. The summed E-state index contributed by atoms with van der Waals surface area (Å²) in [6, 6.07) is 6.43. The molecule has 1 aliphatic heterocycles. The maximum atomic E-state index is 12.6. The summed E-state index contributed by atoms with van der Waals surface area (Å²) in [5.41, 5.74) is 0. The Kier molecular flexibility index (Phi) is 5.03. The van der Waals surface area contributed by atoms with Gasteiger partial charge in [-0.25, -0.2) is 13.4 Å². The molecule has 1 saturated heterocycles. The van der Waals surface area contributed by atoms with Crippen LogP contribution in [0.4, 0.5) is 0 Å². The van der Waals surface area contributed by atoms with Gasteiger partial charge in [-0.05, 0) is 25.1 Å². The van der Waals surface area contributed by atoms with Crippen molar-refractivity contribution < 1.29 is 8.42 Å². The first-order valence-corrected chi connectivity index (χ1v) is 9.98. The molecule has 2 aromatic rings. The number of benzene rings is 1. The molecule has 0 aliphatic carbocycles. The highest BCUT2D eigenvalue weighted by Crippen LogP contribution is 2.21. The lowest BCUT2D eigenvalue weighted by atomic mass is 10.3. The van der Waals surface area contributed by atoms with E-state index in [1.165, 1.54) is 15.2 Å². The summed E-state index contributed by atoms with van der Waals surface area (Å²) in [4.78, 5) is 8.06. The molecule has 2 heterocycles. The van der Waals surface area contributed by atoms with Crippen LogP contribution in [0.25, 0.3) is 0 Å². The number of aryl methyl sites for hydroxylation is 1. The maximum absolute atomic E-state index is 12.6. The van der Waals surface area contributed by atoms with Crippen molar-refractivity contribution in [2.45, 2.75) is 18.4 Å². The topological polar surface area (TPSA) is 53.5 Å². The zero-order valence-corrected chi connectivity index (χ0v) is 15.2. The Morgan fingerprint density at radius 2 is 2.00 bits per heavy atom. The third kappa shape index (κ3) is 3.92. The second-order valence-corrected chi connectivity index (χ2v) is 9.20. The van der Waals surface area contributed by atoms with Crippen LogP contribution >= 0.6 is 22.9 Å². The van der Waals surface area contributed by atoms with E-state index >= 15 is 0 Å². The fourth-order valence-corrected chi connectivity index (χ4v) is 5.12. The van der Waals surface area contributed by atoms with Crippen LogP contribution in [0.3, 0.4) is 0 Å². The smallest absolute Gasteiger partial charge is 0.243 e. The number of nitrogens with zero attached hydrogens (tertiary/aromatic N) is 3. The molecular formula is C15H18ClN3O2S2. The Balaban J connectivity index is 1.64. The summed E-state index contributed by atoms with van der Waals surface area (Å²) in [6.45, 7) is 5.20. The van der Waals surface area contributed by atoms with E-state index in [9.17, 15) is 8.42 Å². The van der Waals surface area contributed by atoms with Crippen molar-refractivity contribution in [2.75, 3.05) is 26.2 Å². The summed E-state index contributed by atoms with van der Waals surface area (Å²) in [5.74, 6) is 0. The van der Waals surface area contributed by atoms with Gasteiger partial charge >= 0.3 is 0 Å². The lowest BCUT2D eigenvalue weighted by Crippen LogP contribution is -2.48. The molecule has 1 aliphatic rings. The number of halogens is 1. The average Bonchev–Trinajstić information content (AvgIpc) is 2.93. The van der Waals surface area contributed by atoms with Gasteiger partial charge in [0.05, 0.1) is 11.4 Å². The van der Waals surface area contributed by atoms with Crippen molar-refractivity contribution in [3.05, 3.63) is 45.4 Å². The molecule has 0 radical (unpaired) electrons. The van der Waals surface area contributed by atoms with E-state index in [0.29, 0.717) is 31.2 Å². The molecule has 0 unspecified atom stereocenters. The Hall–Kier alpha value is -0.990. The van der Waals surface area contributed by atoms with Gasteiger partial charge in [-0.15, -0.1) is 11.3 Å². The normalized spacial score (nSPS) is 17.5. The number of hydrogen-bond acceptors (Lipinski definition) is 5. The molecule has 0 spiro atoms. The predicted molar refractivity (Wildman–Crippen MR) is 92.3 cm³/mol. The summed E-state index contributed by atoms with van der Waals surface area (Å²) in [5, 5.41) is 1.51. The Bertz CT molecular complexity index is 784. The lowest BCUT2D eigenvalue weighted by Gasteiger charge is -2.33. The Morgan fingerprint density at radius 1 is 1.26 bits per heavy atom. The van der Waals surface area contributed by atoms with E-state index in [4.69, 9.17) is 11.6 Å². The standard InChI is InChI=1S/C15H18ClN3O2S2/c1-12-10-17-15(22-12)11-18-5-7-19(8-6-18)23(20,21)14-4-2-3-13(16)9-14/h2-4,9-10H,5-8,11H2,1H3. The molecule has 1 aromatic carbocycles. The Morgan fingerprint density at radius 3 is 2.61 bits per heavy atom. The number of sulfonamides is 1. The van der Waals surface area contributed by atoms with Crippen LogP contribution in [0.2, 0.25) is 5.02 Å². The fraction of sp³-hybridized carbons (Fsp3) is 0.400. The fourth-order valence-electron chi connectivity index (χ4n) is 2.57. The number of piperazine rings is 1. The molecule has 0 N–H and O–H groups in total.